The zero-order valence-corrected chi connectivity index (χ0v) is 12.7. The van der Waals surface area contributed by atoms with Crippen LogP contribution in [0.25, 0.3) is 0 Å². The Hall–Kier alpha value is -1.26. The van der Waals surface area contributed by atoms with E-state index >= 15 is 0 Å². The van der Waals surface area contributed by atoms with E-state index in [4.69, 9.17) is 6.42 Å². The Kier molecular flexibility index (Phi) is 5.68. The highest BCUT2D eigenvalue weighted by Gasteiger charge is 2.40. The van der Waals surface area contributed by atoms with Gasteiger partial charge < -0.3 is 5.32 Å². The Bertz CT molecular complexity index is 423. The molecule has 0 aliphatic heterocycles. The summed E-state index contributed by atoms with van der Waals surface area (Å²) in [5, 5.41) is 3.73. The number of hydrogen-bond acceptors (Lipinski definition) is 1. The van der Waals surface area contributed by atoms with Crippen molar-refractivity contribution in [1.82, 2.24) is 5.32 Å². The fraction of sp³-hybridized carbons (Fsp3) is 0.579. The van der Waals surface area contributed by atoms with Crippen LogP contribution in [0.5, 0.6) is 0 Å². The predicted octanol–water partition coefficient (Wildman–Crippen LogP) is 4.28. The van der Waals surface area contributed by atoms with Gasteiger partial charge in [-0.05, 0) is 31.4 Å². The van der Waals surface area contributed by atoms with Gasteiger partial charge in [-0.15, -0.1) is 12.3 Å². The second-order valence-corrected chi connectivity index (χ2v) is 5.94. The number of hydrogen-bond donors (Lipinski definition) is 1. The lowest BCUT2D eigenvalue weighted by Crippen LogP contribution is -2.49. The predicted molar refractivity (Wildman–Crippen MR) is 86.7 cm³/mol. The fourth-order valence-corrected chi connectivity index (χ4v) is 3.84. The Morgan fingerprint density at radius 3 is 2.50 bits per heavy atom. The third-order valence-corrected chi connectivity index (χ3v) is 4.79. The number of rotatable bonds is 6. The normalized spacial score (nSPS) is 19.2. The molecule has 1 aliphatic carbocycles. The number of terminal acetylenes is 1. The largest absolute Gasteiger partial charge is 0.313 e. The minimum Gasteiger partial charge on any atom is -0.313 e. The van der Waals surface area contributed by atoms with Crippen molar-refractivity contribution in [1.29, 1.82) is 0 Å². The Labute approximate surface area is 124 Å². The van der Waals surface area contributed by atoms with Crippen LogP contribution in [0.2, 0.25) is 0 Å². The molecular formula is C19H27N. The molecule has 2 rings (SSSR count). The molecular weight excluding hydrogens is 242 g/mol. The van der Waals surface area contributed by atoms with Crippen molar-refractivity contribution in [2.24, 2.45) is 0 Å². The first kappa shape index (κ1) is 15.1. The first-order chi connectivity index (χ1) is 9.83. The van der Waals surface area contributed by atoms with E-state index in [9.17, 15) is 0 Å². The molecule has 1 heteroatoms. The lowest BCUT2D eigenvalue weighted by atomic mass is 9.64. The Balaban J connectivity index is 2.31. The quantitative estimate of drug-likeness (QED) is 0.760. The summed E-state index contributed by atoms with van der Waals surface area (Å²) in [6, 6.07) is 11.6. The number of benzene rings is 1. The second-order valence-electron chi connectivity index (χ2n) is 5.94. The highest BCUT2D eigenvalue weighted by molar-refractivity contribution is 5.28. The van der Waals surface area contributed by atoms with Crippen LogP contribution < -0.4 is 5.32 Å². The molecule has 0 saturated heterocycles. The maximum Gasteiger partial charge on any atom is 0.0173 e. The molecule has 1 nitrogen and oxygen atoms in total. The minimum atomic E-state index is 0.284. The molecule has 0 aromatic heterocycles. The first-order valence-electron chi connectivity index (χ1n) is 8.06. The van der Waals surface area contributed by atoms with Crippen LogP contribution in [0.3, 0.4) is 0 Å². The SMILES string of the molecule is C#CCCC(NCC)C1(c2ccccc2)CCCCC1. The van der Waals surface area contributed by atoms with E-state index in [0.29, 0.717) is 6.04 Å². The van der Waals surface area contributed by atoms with Gasteiger partial charge in [-0.25, -0.2) is 0 Å². The zero-order chi connectivity index (χ0) is 14.3. The molecule has 0 amide bonds. The second kappa shape index (κ2) is 7.50. The summed E-state index contributed by atoms with van der Waals surface area (Å²) < 4.78 is 0. The molecule has 108 valence electrons. The summed E-state index contributed by atoms with van der Waals surface area (Å²) >= 11 is 0. The maximum absolute atomic E-state index is 5.51. The van der Waals surface area contributed by atoms with Gasteiger partial charge in [0.1, 0.15) is 0 Å². The molecule has 1 atom stereocenters. The molecule has 0 bridgehead atoms. The molecule has 1 aliphatic rings. The van der Waals surface area contributed by atoms with Crippen molar-refractivity contribution >= 4 is 0 Å². The molecule has 1 fully saturated rings. The first-order valence-corrected chi connectivity index (χ1v) is 8.06. The van der Waals surface area contributed by atoms with Crippen molar-refractivity contribution in [3.63, 3.8) is 0 Å². The maximum atomic E-state index is 5.51. The van der Waals surface area contributed by atoms with Gasteiger partial charge in [0.2, 0.25) is 0 Å². The van der Waals surface area contributed by atoms with Crippen molar-refractivity contribution < 1.29 is 0 Å². The van der Waals surface area contributed by atoms with Crippen molar-refractivity contribution in [2.45, 2.75) is 63.3 Å². The molecule has 0 heterocycles. The van der Waals surface area contributed by atoms with Crippen LogP contribution >= 0.6 is 0 Å². The molecule has 1 aromatic rings. The monoisotopic (exact) mass is 269 g/mol. The van der Waals surface area contributed by atoms with E-state index in [1.165, 1.54) is 37.7 Å². The van der Waals surface area contributed by atoms with Crippen LogP contribution in [-0.2, 0) is 5.41 Å². The third kappa shape index (κ3) is 3.25. The van der Waals surface area contributed by atoms with Gasteiger partial charge in [0.05, 0.1) is 0 Å². The van der Waals surface area contributed by atoms with Crippen molar-refractivity contribution in [3.05, 3.63) is 35.9 Å². The highest BCUT2D eigenvalue weighted by atomic mass is 14.9. The molecule has 1 N–H and O–H groups in total. The molecule has 0 radical (unpaired) electrons. The fourth-order valence-electron chi connectivity index (χ4n) is 3.84. The summed E-state index contributed by atoms with van der Waals surface area (Å²) in [5.41, 5.74) is 1.79. The van der Waals surface area contributed by atoms with Gasteiger partial charge in [0, 0.05) is 17.9 Å². The molecule has 20 heavy (non-hydrogen) atoms. The van der Waals surface area contributed by atoms with E-state index < -0.39 is 0 Å². The smallest absolute Gasteiger partial charge is 0.0173 e. The van der Waals surface area contributed by atoms with E-state index in [-0.39, 0.29) is 5.41 Å². The van der Waals surface area contributed by atoms with Crippen LogP contribution in [0, 0.1) is 12.3 Å². The summed E-state index contributed by atoms with van der Waals surface area (Å²) in [5.74, 6) is 2.82. The van der Waals surface area contributed by atoms with Crippen LogP contribution in [0.4, 0.5) is 0 Å². The topological polar surface area (TPSA) is 12.0 Å². The minimum absolute atomic E-state index is 0.284. The lowest BCUT2D eigenvalue weighted by Gasteiger charge is -2.45. The zero-order valence-electron chi connectivity index (χ0n) is 12.7. The summed E-state index contributed by atoms with van der Waals surface area (Å²) in [4.78, 5) is 0. The number of nitrogens with one attached hydrogen (secondary N) is 1. The van der Waals surface area contributed by atoms with Crippen LogP contribution in [0.15, 0.2) is 30.3 Å². The molecule has 0 spiro atoms. The van der Waals surface area contributed by atoms with Crippen LogP contribution in [0.1, 0.15) is 57.4 Å². The van der Waals surface area contributed by atoms with E-state index in [1.807, 2.05) is 0 Å². The van der Waals surface area contributed by atoms with Gasteiger partial charge >= 0.3 is 0 Å². The molecule has 1 aromatic carbocycles. The average Bonchev–Trinajstić information content (AvgIpc) is 2.53. The number of likely N-dealkylation sites (N-methyl/N-ethyl adjacent to an activating group) is 1. The van der Waals surface area contributed by atoms with Gasteiger partial charge in [-0.2, -0.15) is 0 Å². The highest BCUT2D eigenvalue weighted by Crippen LogP contribution is 2.43. The van der Waals surface area contributed by atoms with E-state index in [1.54, 1.807) is 0 Å². The Morgan fingerprint density at radius 2 is 1.90 bits per heavy atom. The van der Waals surface area contributed by atoms with Crippen LogP contribution in [-0.4, -0.2) is 12.6 Å². The summed E-state index contributed by atoms with van der Waals surface area (Å²) in [7, 11) is 0. The summed E-state index contributed by atoms with van der Waals surface area (Å²) in [6.07, 6.45) is 14.1. The van der Waals surface area contributed by atoms with E-state index in [2.05, 4.69) is 48.5 Å². The van der Waals surface area contributed by atoms with Crippen molar-refractivity contribution in [3.8, 4) is 12.3 Å². The van der Waals surface area contributed by atoms with E-state index in [0.717, 1.165) is 19.4 Å². The van der Waals surface area contributed by atoms with Gasteiger partial charge in [-0.1, -0.05) is 56.5 Å². The molecule has 1 unspecified atom stereocenters. The van der Waals surface area contributed by atoms with Gasteiger partial charge in [-0.3, -0.25) is 0 Å². The standard InChI is InChI=1S/C19H27N/c1-3-5-14-18(20-4-2)19(15-10-7-11-16-19)17-12-8-6-9-13-17/h1,6,8-9,12-13,18,20H,4-5,7,10-11,14-16H2,2H3. The lowest BCUT2D eigenvalue weighted by molar-refractivity contribution is 0.206. The van der Waals surface area contributed by atoms with Crippen molar-refractivity contribution in [2.75, 3.05) is 6.54 Å². The van der Waals surface area contributed by atoms with Gasteiger partial charge in [0.25, 0.3) is 0 Å². The third-order valence-electron chi connectivity index (χ3n) is 4.79. The Morgan fingerprint density at radius 1 is 1.20 bits per heavy atom. The molecule has 1 saturated carbocycles. The van der Waals surface area contributed by atoms with Gasteiger partial charge in [0.15, 0.2) is 0 Å². The summed E-state index contributed by atoms with van der Waals surface area (Å²) in [6.45, 7) is 3.22. The average molecular weight is 269 g/mol.